The molecule has 0 bridgehead atoms. The Balaban J connectivity index is 2.39. The summed E-state index contributed by atoms with van der Waals surface area (Å²) in [6.07, 6.45) is 0.315. The molecule has 104 valence electrons. The maximum atomic E-state index is 14.0. The normalized spacial score (nSPS) is 22.4. The molecule has 5 heteroatoms. The molecule has 0 spiro atoms. The van der Waals surface area contributed by atoms with Crippen molar-refractivity contribution in [2.24, 2.45) is 0 Å². The summed E-state index contributed by atoms with van der Waals surface area (Å²) >= 11 is 0. The first-order chi connectivity index (χ1) is 8.82. The van der Waals surface area contributed by atoms with Gasteiger partial charge in [0, 0.05) is 18.7 Å². The number of carbonyl (C=O) groups excluding carboxylic acids is 1. The van der Waals surface area contributed by atoms with Gasteiger partial charge in [0.05, 0.1) is 11.7 Å². The highest BCUT2D eigenvalue weighted by Gasteiger charge is 2.33. The molecule has 1 aliphatic heterocycles. The van der Waals surface area contributed by atoms with Crippen molar-refractivity contribution in [1.82, 2.24) is 0 Å². The highest BCUT2D eigenvalue weighted by molar-refractivity contribution is 5.76. The van der Waals surface area contributed by atoms with Gasteiger partial charge in [-0.1, -0.05) is 0 Å². The predicted molar refractivity (Wildman–Crippen MR) is 68.6 cm³/mol. The van der Waals surface area contributed by atoms with E-state index in [9.17, 15) is 13.6 Å². The lowest BCUT2D eigenvalue weighted by Gasteiger charge is -2.43. The Hall–Kier alpha value is -1.49. The maximum absolute atomic E-state index is 14.0. The van der Waals surface area contributed by atoms with E-state index in [0.29, 0.717) is 19.4 Å². The molecular weight excluding hydrogens is 252 g/mol. The molecule has 0 amide bonds. The van der Waals surface area contributed by atoms with Gasteiger partial charge in [-0.25, -0.2) is 8.78 Å². The fourth-order valence-corrected chi connectivity index (χ4v) is 2.58. The summed E-state index contributed by atoms with van der Waals surface area (Å²) in [6, 6.07) is 2.11. The molecule has 0 aromatic heterocycles. The fraction of sp³-hybridized carbons (Fsp3) is 0.500. The van der Waals surface area contributed by atoms with Gasteiger partial charge in [0.15, 0.2) is 0 Å². The van der Waals surface area contributed by atoms with Crippen molar-refractivity contribution >= 4 is 12.0 Å². The van der Waals surface area contributed by atoms with Gasteiger partial charge >= 0.3 is 0 Å². The van der Waals surface area contributed by atoms with E-state index in [0.717, 1.165) is 12.1 Å². The average molecular weight is 269 g/mol. The van der Waals surface area contributed by atoms with Gasteiger partial charge in [-0.3, -0.25) is 4.79 Å². The number of morpholine rings is 1. The van der Waals surface area contributed by atoms with E-state index in [1.165, 1.54) is 0 Å². The van der Waals surface area contributed by atoms with Gasteiger partial charge in [0.1, 0.15) is 23.6 Å². The van der Waals surface area contributed by atoms with Gasteiger partial charge in [0.2, 0.25) is 0 Å². The van der Waals surface area contributed by atoms with Crippen LogP contribution in [-0.2, 0) is 4.74 Å². The number of aldehydes is 1. The quantitative estimate of drug-likeness (QED) is 0.773. The smallest absolute Gasteiger partial charge is 0.150 e. The second kappa shape index (κ2) is 4.89. The SMILES string of the molecule is CC1CN(c2c(F)cc(C=O)cc2F)CC(C)(C)O1. The number of ether oxygens (including phenoxy) is 1. The summed E-state index contributed by atoms with van der Waals surface area (Å²) in [4.78, 5) is 12.2. The van der Waals surface area contributed by atoms with Gasteiger partial charge in [-0.05, 0) is 32.9 Å². The van der Waals surface area contributed by atoms with E-state index < -0.39 is 17.2 Å². The van der Waals surface area contributed by atoms with Crippen LogP contribution in [0.25, 0.3) is 0 Å². The topological polar surface area (TPSA) is 29.5 Å². The van der Waals surface area contributed by atoms with Gasteiger partial charge in [-0.2, -0.15) is 0 Å². The molecule has 3 nitrogen and oxygen atoms in total. The monoisotopic (exact) mass is 269 g/mol. The molecule has 1 aromatic rings. The van der Waals surface area contributed by atoms with Crippen LogP contribution < -0.4 is 4.90 Å². The van der Waals surface area contributed by atoms with E-state index >= 15 is 0 Å². The standard InChI is InChI=1S/C14H17F2NO2/c1-9-6-17(8-14(2,3)19-9)13-11(15)4-10(7-18)5-12(13)16/h4-5,7,9H,6,8H2,1-3H3. The number of rotatable bonds is 2. The highest BCUT2D eigenvalue weighted by Crippen LogP contribution is 2.30. The molecule has 1 aromatic carbocycles. The molecule has 0 aliphatic carbocycles. The number of hydrogen-bond acceptors (Lipinski definition) is 3. The molecule has 0 N–H and O–H groups in total. The summed E-state index contributed by atoms with van der Waals surface area (Å²) in [5, 5.41) is 0. The number of nitrogens with zero attached hydrogens (tertiary/aromatic N) is 1. The summed E-state index contributed by atoms with van der Waals surface area (Å²) in [6.45, 7) is 6.43. The zero-order chi connectivity index (χ0) is 14.2. The number of carbonyl (C=O) groups is 1. The van der Waals surface area contributed by atoms with Crippen molar-refractivity contribution in [3.63, 3.8) is 0 Å². The van der Waals surface area contributed by atoms with Crippen LogP contribution in [-0.4, -0.2) is 31.1 Å². The molecule has 19 heavy (non-hydrogen) atoms. The van der Waals surface area contributed by atoms with Crippen LogP contribution in [0.15, 0.2) is 12.1 Å². The molecular formula is C14H17F2NO2. The van der Waals surface area contributed by atoms with Gasteiger partial charge in [-0.15, -0.1) is 0 Å². The Bertz CT molecular complexity index is 479. The van der Waals surface area contributed by atoms with E-state index in [1.54, 1.807) is 4.90 Å². The molecule has 1 saturated heterocycles. The van der Waals surface area contributed by atoms with Gasteiger partial charge < -0.3 is 9.64 Å². The van der Waals surface area contributed by atoms with Crippen molar-refractivity contribution < 1.29 is 18.3 Å². The average Bonchev–Trinajstić information content (AvgIpc) is 2.24. The molecule has 1 atom stereocenters. The third-order valence-electron chi connectivity index (χ3n) is 3.06. The van der Waals surface area contributed by atoms with Crippen LogP contribution in [0.5, 0.6) is 0 Å². The Kier molecular flexibility index (Phi) is 3.58. The zero-order valence-corrected chi connectivity index (χ0v) is 11.2. The molecule has 2 rings (SSSR count). The van der Waals surface area contributed by atoms with Crippen LogP contribution in [0.1, 0.15) is 31.1 Å². The van der Waals surface area contributed by atoms with Crippen molar-refractivity contribution in [1.29, 1.82) is 0 Å². The van der Waals surface area contributed by atoms with E-state index in [-0.39, 0.29) is 17.4 Å². The van der Waals surface area contributed by atoms with E-state index in [2.05, 4.69) is 0 Å². The minimum absolute atomic E-state index is 0.000631. The third-order valence-corrected chi connectivity index (χ3v) is 3.06. The Morgan fingerprint density at radius 3 is 2.42 bits per heavy atom. The van der Waals surface area contributed by atoms with Crippen molar-refractivity contribution in [2.45, 2.75) is 32.5 Å². The summed E-state index contributed by atoms with van der Waals surface area (Å²) in [7, 11) is 0. The second-order valence-corrected chi connectivity index (χ2v) is 5.52. The molecule has 0 saturated carbocycles. The largest absolute Gasteiger partial charge is 0.369 e. The van der Waals surface area contributed by atoms with Crippen LogP contribution in [0, 0.1) is 11.6 Å². The number of anilines is 1. The third kappa shape index (κ3) is 2.92. The van der Waals surface area contributed by atoms with Crippen LogP contribution >= 0.6 is 0 Å². The van der Waals surface area contributed by atoms with Gasteiger partial charge in [0.25, 0.3) is 0 Å². The molecule has 1 heterocycles. The van der Waals surface area contributed by atoms with Crippen molar-refractivity contribution in [3.05, 3.63) is 29.3 Å². The lowest BCUT2D eigenvalue weighted by Crippen LogP contribution is -2.52. The molecule has 1 fully saturated rings. The minimum Gasteiger partial charge on any atom is -0.369 e. The number of halogens is 2. The maximum Gasteiger partial charge on any atom is 0.150 e. The summed E-state index contributed by atoms with van der Waals surface area (Å²) in [5.74, 6) is -1.43. The lowest BCUT2D eigenvalue weighted by molar-refractivity contribution is -0.0752. The Labute approximate surface area is 111 Å². The Morgan fingerprint density at radius 2 is 1.95 bits per heavy atom. The lowest BCUT2D eigenvalue weighted by atomic mass is 10.0. The predicted octanol–water partition coefficient (Wildman–Crippen LogP) is 2.78. The first kappa shape index (κ1) is 13.9. The van der Waals surface area contributed by atoms with E-state index in [1.807, 2.05) is 20.8 Å². The van der Waals surface area contributed by atoms with E-state index in [4.69, 9.17) is 4.74 Å². The van der Waals surface area contributed by atoms with Crippen LogP contribution in [0.2, 0.25) is 0 Å². The number of benzene rings is 1. The first-order valence-corrected chi connectivity index (χ1v) is 6.19. The zero-order valence-electron chi connectivity index (χ0n) is 11.2. The van der Waals surface area contributed by atoms with Crippen LogP contribution in [0.4, 0.5) is 14.5 Å². The number of hydrogen-bond donors (Lipinski definition) is 0. The fourth-order valence-electron chi connectivity index (χ4n) is 2.58. The molecule has 0 radical (unpaired) electrons. The Morgan fingerprint density at radius 1 is 1.37 bits per heavy atom. The summed E-state index contributed by atoms with van der Waals surface area (Å²) in [5.41, 5.74) is -0.562. The molecule has 1 unspecified atom stereocenters. The summed E-state index contributed by atoms with van der Waals surface area (Å²) < 4.78 is 33.7. The van der Waals surface area contributed by atoms with Crippen molar-refractivity contribution in [2.75, 3.05) is 18.0 Å². The van der Waals surface area contributed by atoms with Crippen molar-refractivity contribution in [3.8, 4) is 0 Å². The molecule has 1 aliphatic rings. The second-order valence-electron chi connectivity index (χ2n) is 5.52. The highest BCUT2D eigenvalue weighted by atomic mass is 19.1. The first-order valence-electron chi connectivity index (χ1n) is 6.19. The van der Waals surface area contributed by atoms with Crippen LogP contribution in [0.3, 0.4) is 0 Å². The minimum atomic E-state index is -0.716.